The molecular formula is C29H32F2N8O4. The predicted molar refractivity (Wildman–Crippen MR) is 154 cm³/mol. The van der Waals surface area contributed by atoms with Gasteiger partial charge in [-0.1, -0.05) is 0 Å². The number of hydrogen-bond donors (Lipinski definition) is 2. The molecule has 0 aliphatic carbocycles. The number of piperazine rings is 1. The Morgan fingerprint density at radius 3 is 2.63 bits per heavy atom. The standard InChI is InChI=1S/C29H32F2N8O4/c1-37-9-11-38(12-10-37)22-4-6-25(36-28(22)42-2)35-26-14-21(33-18-34-26)19-3-5-23(20(13-19)15-32)43-24-7-8-39(27(41)16-40)17-29(24,30)31/h3-6,13-14,18,24,40H,7-12,16-17H2,1-2H3,(H,33,34,35,36). The highest BCUT2D eigenvalue weighted by Gasteiger charge is 2.47. The average Bonchev–Trinajstić information content (AvgIpc) is 3.02. The maximum absolute atomic E-state index is 14.8. The van der Waals surface area contributed by atoms with E-state index in [1.165, 1.54) is 18.5 Å². The number of methoxy groups -OCH3 is 1. The minimum absolute atomic E-state index is 0.00185. The van der Waals surface area contributed by atoms with Crippen LogP contribution in [0.3, 0.4) is 0 Å². The summed E-state index contributed by atoms with van der Waals surface area (Å²) in [7, 11) is 3.67. The molecule has 2 aliphatic heterocycles. The van der Waals surface area contributed by atoms with Gasteiger partial charge in [-0.05, 0) is 37.4 Å². The van der Waals surface area contributed by atoms with Gasteiger partial charge in [0.05, 0.1) is 24.9 Å². The maximum atomic E-state index is 14.8. The first-order chi connectivity index (χ1) is 20.7. The van der Waals surface area contributed by atoms with Crippen molar-refractivity contribution >= 4 is 23.2 Å². The minimum Gasteiger partial charge on any atom is -0.483 e. The molecule has 1 amide bonds. The monoisotopic (exact) mass is 594 g/mol. The average molecular weight is 595 g/mol. The minimum atomic E-state index is -3.36. The lowest BCUT2D eigenvalue weighted by atomic mass is 10.0. The Morgan fingerprint density at radius 1 is 1.14 bits per heavy atom. The molecule has 0 spiro atoms. The first kappa shape index (κ1) is 29.9. The number of alkyl halides is 2. The number of carbonyl (C=O) groups excluding carboxylic acids is 1. The number of piperidine rings is 1. The summed E-state index contributed by atoms with van der Waals surface area (Å²) in [6.45, 7) is 1.95. The van der Waals surface area contributed by atoms with Gasteiger partial charge in [-0.25, -0.2) is 18.7 Å². The summed E-state index contributed by atoms with van der Waals surface area (Å²) in [5.74, 6) is -2.66. The quantitative estimate of drug-likeness (QED) is 0.398. The molecule has 2 aliphatic rings. The van der Waals surface area contributed by atoms with Crippen molar-refractivity contribution < 1.29 is 28.2 Å². The Labute approximate surface area is 247 Å². The highest BCUT2D eigenvalue weighted by atomic mass is 19.3. The van der Waals surface area contributed by atoms with Gasteiger partial charge < -0.3 is 34.6 Å². The first-order valence-corrected chi connectivity index (χ1v) is 13.8. The molecule has 2 fully saturated rings. The van der Waals surface area contributed by atoms with E-state index in [-0.39, 0.29) is 24.3 Å². The Hall–Kier alpha value is -4.61. The topological polar surface area (TPSA) is 140 Å². The molecule has 3 aromatic rings. The zero-order valence-electron chi connectivity index (χ0n) is 23.8. The summed E-state index contributed by atoms with van der Waals surface area (Å²) in [5, 5.41) is 21.9. The zero-order valence-corrected chi connectivity index (χ0v) is 23.8. The number of benzene rings is 1. The van der Waals surface area contributed by atoms with E-state index in [1.54, 1.807) is 19.2 Å². The number of ether oxygens (including phenoxy) is 2. The van der Waals surface area contributed by atoms with Crippen LogP contribution in [0, 0.1) is 11.3 Å². The van der Waals surface area contributed by atoms with Crippen molar-refractivity contribution in [3.8, 4) is 29.0 Å². The van der Waals surface area contributed by atoms with Crippen LogP contribution in [0.2, 0.25) is 0 Å². The lowest BCUT2D eigenvalue weighted by Gasteiger charge is -2.38. The van der Waals surface area contributed by atoms with E-state index < -0.39 is 31.1 Å². The number of carbonyl (C=O) groups is 1. The number of likely N-dealkylation sites (N-methyl/N-ethyl adjacent to an activating group) is 1. The molecule has 0 radical (unpaired) electrons. The van der Waals surface area contributed by atoms with Gasteiger partial charge in [-0.2, -0.15) is 10.2 Å². The van der Waals surface area contributed by atoms with Crippen molar-refractivity contribution in [3.05, 3.63) is 48.3 Å². The van der Waals surface area contributed by atoms with E-state index in [4.69, 9.17) is 14.6 Å². The van der Waals surface area contributed by atoms with Gasteiger partial charge in [0, 0.05) is 50.8 Å². The van der Waals surface area contributed by atoms with Gasteiger partial charge in [-0.15, -0.1) is 0 Å². The molecular weight excluding hydrogens is 562 g/mol. The largest absolute Gasteiger partial charge is 0.483 e. The fourth-order valence-corrected chi connectivity index (χ4v) is 5.07. The third-order valence-electron chi connectivity index (χ3n) is 7.49. The molecule has 2 N–H and O–H groups in total. The van der Waals surface area contributed by atoms with E-state index in [0.717, 1.165) is 36.8 Å². The highest BCUT2D eigenvalue weighted by Crippen LogP contribution is 2.34. The number of nitriles is 1. The van der Waals surface area contributed by atoms with Crippen LogP contribution in [-0.2, 0) is 4.79 Å². The lowest BCUT2D eigenvalue weighted by Crippen LogP contribution is -2.55. The Kier molecular flexibility index (Phi) is 8.84. The van der Waals surface area contributed by atoms with Gasteiger partial charge in [0.15, 0.2) is 6.10 Å². The van der Waals surface area contributed by atoms with Crippen LogP contribution in [0.15, 0.2) is 42.7 Å². The van der Waals surface area contributed by atoms with Gasteiger partial charge in [0.25, 0.3) is 0 Å². The normalized spacial score (nSPS) is 18.6. The molecule has 0 bridgehead atoms. The molecule has 1 atom stereocenters. The number of likely N-dealkylation sites (tertiary alicyclic amines) is 1. The predicted octanol–water partition coefficient (Wildman–Crippen LogP) is 2.52. The third-order valence-corrected chi connectivity index (χ3v) is 7.49. The van der Waals surface area contributed by atoms with Gasteiger partial charge >= 0.3 is 5.92 Å². The number of aliphatic hydroxyl groups is 1. The Bertz CT molecular complexity index is 1510. The number of aromatic nitrogens is 3. The van der Waals surface area contributed by atoms with E-state index in [9.17, 15) is 18.8 Å². The lowest BCUT2D eigenvalue weighted by molar-refractivity contribution is -0.161. The molecule has 43 heavy (non-hydrogen) atoms. The summed E-state index contributed by atoms with van der Waals surface area (Å²) in [6.07, 6.45) is -0.317. The van der Waals surface area contributed by atoms with Gasteiger partial charge in [0.2, 0.25) is 11.8 Å². The summed E-state index contributed by atoms with van der Waals surface area (Å²) < 4.78 is 40.7. The second-order valence-electron chi connectivity index (χ2n) is 10.4. The SMILES string of the molecule is COc1nc(Nc2cc(-c3ccc(OC4CCN(C(=O)CO)CC4(F)F)c(C#N)c3)ncn2)ccc1N1CCN(C)CC1. The number of pyridine rings is 1. The summed E-state index contributed by atoms with van der Waals surface area (Å²) in [6, 6.07) is 12.1. The fraction of sp³-hybridized carbons (Fsp3) is 0.414. The van der Waals surface area contributed by atoms with E-state index in [0.29, 0.717) is 28.8 Å². The van der Waals surface area contributed by atoms with E-state index >= 15 is 0 Å². The van der Waals surface area contributed by atoms with E-state index in [2.05, 4.69) is 37.1 Å². The molecule has 5 rings (SSSR count). The molecule has 1 aromatic carbocycles. The van der Waals surface area contributed by atoms with Crippen LogP contribution in [0.1, 0.15) is 12.0 Å². The number of amides is 1. The zero-order chi connectivity index (χ0) is 30.6. The smallest absolute Gasteiger partial charge is 0.301 e. The van der Waals surface area contributed by atoms with Gasteiger partial charge in [0.1, 0.15) is 42.1 Å². The van der Waals surface area contributed by atoms with Crippen LogP contribution in [0.4, 0.5) is 26.1 Å². The molecule has 226 valence electrons. The molecule has 2 aromatic heterocycles. The van der Waals surface area contributed by atoms with Crippen LogP contribution in [0.5, 0.6) is 11.6 Å². The Balaban J connectivity index is 1.30. The van der Waals surface area contributed by atoms with Crippen molar-refractivity contribution in [1.82, 2.24) is 24.8 Å². The third kappa shape index (κ3) is 6.73. The highest BCUT2D eigenvalue weighted by molar-refractivity contribution is 5.77. The molecule has 12 nitrogen and oxygen atoms in total. The second-order valence-corrected chi connectivity index (χ2v) is 10.4. The van der Waals surface area contributed by atoms with Crippen LogP contribution in [0.25, 0.3) is 11.3 Å². The van der Waals surface area contributed by atoms with Crippen molar-refractivity contribution in [2.45, 2.75) is 18.4 Å². The number of nitrogens with zero attached hydrogens (tertiary/aromatic N) is 7. The number of nitrogens with one attached hydrogen (secondary N) is 1. The number of hydrogen-bond acceptors (Lipinski definition) is 11. The second kappa shape index (κ2) is 12.7. The first-order valence-electron chi connectivity index (χ1n) is 13.8. The van der Waals surface area contributed by atoms with Crippen LogP contribution in [-0.4, -0.2) is 108 Å². The number of halogens is 2. The van der Waals surface area contributed by atoms with Crippen molar-refractivity contribution in [1.29, 1.82) is 5.26 Å². The number of aliphatic hydroxyl groups excluding tert-OH is 1. The van der Waals surface area contributed by atoms with Crippen LogP contribution < -0.4 is 19.7 Å². The summed E-state index contributed by atoms with van der Waals surface area (Å²) >= 11 is 0. The van der Waals surface area contributed by atoms with Crippen molar-refractivity contribution in [2.75, 3.05) is 70.2 Å². The molecule has 0 saturated carbocycles. The van der Waals surface area contributed by atoms with Crippen molar-refractivity contribution in [2.24, 2.45) is 0 Å². The van der Waals surface area contributed by atoms with Crippen molar-refractivity contribution in [3.63, 3.8) is 0 Å². The molecule has 2 saturated heterocycles. The maximum Gasteiger partial charge on any atom is 0.301 e. The number of anilines is 3. The molecule has 4 heterocycles. The number of rotatable bonds is 8. The van der Waals surface area contributed by atoms with Crippen LogP contribution >= 0.6 is 0 Å². The Morgan fingerprint density at radius 2 is 1.93 bits per heavy atom. The summed E-state index contributed by atoms with van der Waals surface area (Å²) in [5.41, 5.74) is 2.02. The fourth-order valence-electron chi connectivity index (χ4n) is 5.07. The van der Waals surface area contributed by atoms with E-state index in [1.807, 2.05) is 18.2 Å². The van der Waals surface area contributed by atoms with Gasteiger partial charge in [-0.3, -0.25) is 4.79 Å². The molecule has 14 heteroatoms. The summed E-state index contributed by atoms with van der Waals surface area (Å²) in [4.78, 5) is 30.3. The molecule has 1 unspecified atom stereocenters.